The van der Waals surface area contributed by atoms with E-state index in [-0.39, 0.29) is 46.0 Å². The number of carboxylic acids is 2. The van der Waals surface area contributed by atoms with Crippen molar-refractivity contribution in [2.24, 2.45) is 0 Å². The predicted molar refractivity (Wildman–Crippen MR) is 147 cm³/mol. The first-order chi connectivity index (χ1) is 18.4. The van der Waals surface area contributed by atoms with Crippen LogP contribution in [0.4, 0.5) is 0 Å². The number of nitrogens with one attached hydrogen (secondary N) is 1. The van der Waals surface area contributed by atoms with Gasteiger partial charge in [0, 0.05) is 28.4 Å². The number of aromatic carboxylic acids is 2. The molecular weight excluding hydrogens is 481 g/mol. The van der Waals surface area contributed by atoms with Crippen molar-refractivity contribution < 1.29 is 29.4 Å². The highest BCUT2D eigenvalue weighted by molar-refractivity contribution is 6.78. The van der Waals surface area contributed by atoms with Crippen molar-refractivity contribution in [1.29, 1.82) is 0 Å². The van der Waals surface area contributed by atoms with Crippen molar-refractivity contribution in [1.82, 2.24) is 5.32 Å². The minimum atomic E-state index is -1.32. The van der Waals surface area contributed by atoms with Gasteiger partial charge in [0.1, 0.15) is 5.68 Å². The van der Waals surface area contributed by atoms with E-state index in [1.165, 1.54) is 24.3 Å². The van der Waals surface area contributed by atoms with Crippen LogP contribution in [0.15, 0.2) is 84.9 Å². The molecule has 0 heterocycles. The Labute approximate surface area is 220 Å². The standard InChI is InChI=1S/C30H26BNO6/c33-27(31-17-15-19-7-3-1-4-8-19)21-11-12-22(28(34)32-18-16-20-9-5-2-6-10-20)26-24(30(37)38)14-13-23(25(21)26)29(35)36/h1-14,31H,15-18H2,(H,32,34)(H,35,36)(H,37,38). The van der Waals surface area contributed by atoms with Gasteiger partial charge in [-0.3, -0.25) is 4.79 Å². The molecule has 0 atom stereocenters. The van der Waals surface area contributed by atoms with Crippen LogP contribution in [0.3, 0.4) is 0 Å². The normalized spacial score (nSPS) is 10.6. The Morgan fingerprint density at radius 3 is 1.63 bits per heavy atom. The molecule has 190 valence electrons. The molecule has 1 amide bonds. The van der Waals surface area contributed by atoms with Crippen molar-refractivity contribution in [2.45, 2.75) is 19.2 Å². The molecule has 0 aromatic heterocycles. The summed E-state index contributed by atoms with van der Waals surface area (Å²) in [6.45, 7) is 0.297. The van der Waals surface area contributed by atoms with Gasteiger partial charge in [0.05, 0.1) is 11.1 Å². The lowest BCUT2D eigenvalue weighted by atomic mass is 9.65. The molecule has 4 rings (SSSR count). The first-order valence-electron chi connectivity index (χ1n) is 12.3. The van der Waals surface area contributed by atoms with Crippen molar-refractivity contribution >= 4 is 41.6 Å². The monoisotopic (exact) mass is 507 g/mol. The van der Waals surface area contributed by atoms with Crippen molar-refractivity contribution in [3.8, 4) is 0 Å². The van der Waals surface area contributed by atoms with E-state index in [0.29, 0.717) is 25.7 Å². The molecule has 38 heavy (non-hydrogen) atoms. The van der Waals surface area contributed by atoms with Crippen molar-refractivity contribution in [2.75, 3.05) is 6.54 Å². The van der Waals surface area contributed by atoms with Gasteiger partial charge in [0.15, 0.2) is 0 Å². The van der Waals surface area contributed by atoms with Gasteiger partial charge in [-0.05, 0) is 42.2 Å². The molecule has 3 N–H and O–H groups in total. The largest absolute Gasteiger partial charge is 0.478 e. The van der Waals surface area contributed by atoms with Gasteiger partial charge in [-0.15, -0.1) is 0 Å². The predicted octanol–water partition coefficient (Wildman–Crippen LogP) is 4.45. The zero-order valence-corrected chi connectivity index (χ0v) is 20.6. The van der Waals surface area contributed by atoms with Gasteiger partial charge in [-0.1, -0.05) is 73.1 Å². The lowest BCUT2D eigenvalue weighted by Gasteiger charge is -2.15. The fourth-order valence-electron chi connectivity index (χ4n) is 4.57. The number of aryl methyl sites for hydroxylation is 1. The molecule has 0 bridgehead atoms. The molecule has 7 nitrogen and oxygen atoms in total. The van der Waals surface area contributed by atoms with Crippen LogP contribution < -0.4 is 5.32 Å². The molecule has 4 aromatic rings. The summed E-state index contributed by atoms with van der Waals surface area (Å²) in [7, 11) is 0.142. The van der Waals surface area contributed by atoms with E-state index in [1.54, 1.807) is 0 Å². The lowest BCUT2D eigenvalue weighted by molar-refractivity contribution is 0.0684. The summed E-state index contributed by atoms with van der Waals surface area (Å²) < 4.78 is 0. The first kappa shape index (κ1) is 26.4. The van der Waals surface area contributed by atoms with Crippen LogP contribution in [-0.2, 0) is 12.8 Å². The number of amides is 1. The van der Waals surface area contributed by atoms with Crippen LogP contribution in [0.25, 0.3) is 10.8 Å². The second-order valence-corrected chi connectivity index (χ2v) is 8.94. The number of carbonyl (C=O) groups excluding carboxylic acids is 2. The molecule has 0 fully saturated rings. The van der Waals surface area contributed by atoms with E-state index in [1.807, 2.05) is 60.7 Å². The summed E-state index contributed by atoms with van der Waals surface area (Å²) in [6, 6.07) is 24.4. The molecule has 0 spiro atoms. The average Bonchev–Trinajstić information content (AvgIpc) is 2.92. The zero-order chi connectivity index (χ0) is 27.1. The van der Waals surface area contributed by atoms with E-state index in [4.69, 9.17) is 0 Å². The molecule has 0 aliphatic heterocycles. The second-order valence-electron chi connectivity index (χ2n) is 8.94. The maximum atomic E-state index is 13.3. The van der Waals surface area contributed by atoms with E-state index in [2.05, 4.69) is 5.32 Å². The second kappa shape index (κ2) is 12.0. The minimum absolute atomic E-state index is 0.00870. The summed E-state index contributed by atoms with van der Waals surface area (Å²) in [5.74, 6) is -3.18. The number of benzene rings is 4. The lowest BCUT2D eigenvalue weighted by Crippen LogP contribution is -2.26. The number of carboxylic acid groups (broad SMARTS) is 2. The van der Waals surface area contributed by atoms with Crippen LogP contribution in [0, 0.1) is 0 Å². The summed E-state index contributed by atoms with van der Waals surface area (Å²) in [4.78, 5) is 50.7. The summed E-state index contributed by atoms with van der Waals surface area (Å²) in [6.07, 6.45) is 1.76. The Morgan fingerprint density at radius 2 is 1.08 bits per heavy atom. The summed E-state index contributed by atoms with van der Waals surface area (Å²) in [5.41, 5.74) is 1.42. The maximum absolute atomic E-state index is 13.3. The molecule has 8 heteroatoms. The van der Waals surface area contributed by atoms with Crippen molar-refractivity contribution in [3.05, 3.63) is 118 Å². The number of hydrogen-bond acceptors (Lipinski definition) is 4. The van der Waals surface area contributed by atoms with E-state index in [0.717, 1.165) is 11.1 Å². The van der Waals surface area contributed by atoms with Crippen molar-refractivity contribution in [3.63, 3.8) is 0 Å². The molecule has 0 unspecified atom stereocenters. The zero-order valence-electron chi connectivity index (χ0n) is 20.6. The molecular formula is C30H26BNO6. The summed E-state index contributed by atoms with van der Waals surface area (Å²) in [5, 5.41) is 22.5. The number of hydrogen-bond donors (Lipinski definition) is 3. The molecule has 0 aliphatic carbocycles. The quantitative estimate of drug-likeness (QED) is 0.258. The van der Waals surface area contributed by atoms with Gasteiger partial charge in [-0.2, -0.15) is 0 Å². The fourth-order valence-corrected chi connectivity index (χ4v) is 4.57. The Balaban J connectivity index is 1.69. The van der Waals surface area contributed by atoms with E-state index < -0.39 is 17.8 Å². The number of carbonyl (C=O) groups is 4. The van der Waals surface area contributed by atoms with Crippen LogP contribution in [0.5, 0.6) is 0 Å². The average molecular weight is 507 g/mol. The van der Waals surface area contributed by atoms with Crippen LogP contribution in [0.2, 0.25) is 6.32 Å². The van der Waals surface area contributed by atoms with Gasteiger partial charge >= 0.3 is 11.9 Å². The Hall–Kier alpha value is -4.72. The molecule has 0 aliphatic rings. The highest BCUT2D eigenvalue weighted by Crippen LogP contribution is 2.31. The number of rotatable bonds is 11. The third-order valence-corrected chi connectivity index (χ3v) is 6.42. The van der Waals surface area contributed by atoms with Crippen LogP contribution >= 0.6 is 0 Å². The Morgan fingerprint density at radius 1 is 0.605 bits per heavy atom. The molecule has 0 radical (unpaired) electrons. The molecule has 0 saturated carbocycles. The smallest absolute Gasteiger partial charge is 0.336 e. The minimum Gasteiger partial charge on any atom is -0.478 e. The first-order valence-corrected chi connectivity index (χ1v) is 12.3. The van der Waals surface area contributed by atoms with E-state index >= 15 is 0 Å². The fraction of sp³-hybridized carbons (Fsp3) is 0.133. The van der Waals surface area contributed by atoms with Crippen LogP contribution in [-0.4, -0.2) is 47.6 Å². The highest BCUT2D eigenvalue weighted by atomic mass is 16.4. The molecule has 4 aromatic carbocycles. The van der Waals surface area contributed by atoms with Crippen LogP contribution in [0.1, 0.15) is 52.6 Å². The third-order valence-electron chi connectivity index (χ3n) is 6.42. The SMILES string of the molecule is O=C(O)c1ccc(C(=O)O)c2c(C(=O)NCCc3ccccc3)ccc(C(=O)BCCc3ccccc3)c12. The van der Waals surface area contributed by atoms with Gasteiger partial charge in [0.25, 0.3) is 5.91 Å². The topological polar surface area (TPSA) is 121 Å². The summed E-state index contributed by atoms with van der Waals surface area (Å²) >= 11 is 0. The van der Waals surface area contributed by atoms with Gasteiger partial charge in [-0.25, -0.2) is 9.59 Å². The van der Waals surface area contributed by atoms with E-state index in [9.17, 15) is 29.4 Å². The maximum Gasteiger partial charge on any atom is 0.336 e. The Kier molecular flexibility index (Phi) is 8.33. The van der Waals surface area contributed by atoms with Gasteiger partial charge in [0.2, 0.25) is 7.28 Å². The number of fused-ring (bicyclic) bond motifs is 1. The molecule has 0 saturated heterocycles. The Bertz CT molecular complexity index is 1390. The van der Waals surface area contributed by atoms with Gasteiger partial charge < -0.3 is 20.3 Å². The third kappa shape index (κ3) is 5.98. The highest BCUT2D eigenvalue weighted by Gasteiger charge is 2.25.